The van der Waals surface area contributed by atoms with E-state index < -0.39 is 5.91 Å². The van der Waals surface area contributed by atoms with E-state index in [4.69, 9.17) is 5.73 Å². The molecule has 0 spiro atoms. The van der Waals surface area contributed by atoms with E-state index in [-0.39, 0.29) is 0 Å². The van der Waals surface area contributed by atoms with Gasteiger partial charge in [0.05, 0.1) is 11.9 Å². The molecule has 0 aliphatic carbocycles. The second kappa shape index (κ2) is 3.57. The largest absolute Gasteiger partial charge is 0.366 e. The first kappa shape index (κ1) is 9.45. The summed E-state index contributed by atoms with van der Waals surface area (Å²) < 4.78 is 0. The first-order valence-corrected chi connectivity index (χ1v) is 4.58. The molecule has 1 aromatic carbocycles. The molecule has 1 heterocycles. The number of rotatable bonds is 2. The molecule has 76 valence electrons. The molecule has 0 aliphatic rings. The molecule has 15 heavy (non-hydrogen) atoms. The highest BCUT2D eigenvalue weighted by molar-refractivity contribution is 5.93. The number of primary amides is 1. The lowest BCUT2D eigenvalue weighted by Crippen LogP contribution is -2.10. The number of H-pyrrole nitrogens is 1. The topological polar surface area (TPSA) is 71.8 Å². The van der Waals surface area contributed by atoms with E-state index in [9.17, 15) is 4.79 Å². The van der Waals surface area contributed by atoms with Crippen LogP contribution in [0.15, 0.2) is 30.5 Å². The number of hydrogen-bond donors (Lipinski definition) is 2. The molecule has 2 aromatic rings. The standard InChI is InChI=1S/C11H11N3O/c1-7-13-6-10(14-7)8-2-4-9(5-3-8)11(12)15/h2-6H,1H3,(H2,12,15)(H,13,14). The normalized spacial score (nSPS) is 10.2. The summed E-state index contributed by atoms with van der Waals surface area (Å²) in [4.78, 5) is 18.1. The molecule has 0 saturated carbocycles. The van der Waals surface area contributed by atoms with Crippen LogP contribution < -0.4 is 5.73 Å². The number of imidazole rings is 1. The summed E-state index contributed by atoms with van der Waals surface area (Å²) in [7, 11) is 0. The monoisotopic (exact) mass is 201 g/mol. The highest BCUT2D eigenvalue weighted by atomic mass is 16.1. The predicted octanol–water partition coefficient (Wildman–Crippen LogP) is 1.48. The number of nitrogens with one attached hydrogen (secondary N) is 1. The van der Waals surface area contributed by atoms with Gasteiger partial charge in [0.25, 0.3) is 0 Å². The second-order valence-corrected chi connectivity index (χ2v) is 3.32. The lowest BCUT2D eigenvalue weighted by molar-refractivity contribution is 0.100. The predicted molar refractivity (Wildman–Crippen MR) is 57.3 cm³/mol. The van der Waals surface area contributed by atoms with Gasteiger partial charge in [-0.25, -0.2) is 4.98 Å². The third kappa shape index (κ3) is 1.88. The number of hydrogen-bond acceptors (Lipinski definition) is 2. The number of carbonyl (C=O) groups excluding carboxylic acids is 1. The zero-order chi connectivity index (χ0) is 10.8. The maximum absolute atomic E-state index is 10.9. The Balaban J connectivity index is 2.35. The fraction of sp³-hybridized carbons (Fsp3) is 0.0909. The molecule has 2 rings (SSSR count). The van der Waals surface area contributed by atoms with Crippen LogP contribution in [0.25, 0.3) is 11.3 Å². The Morgan fingerprint density at radius 1 is 1.33 bits per heavy atom. The van der Waals surface area contributed by atoms with E-state index in [2.05, 4.69) is 9.97 Å². The highest BCUT2D eigenvalue weighted by Gasteiger charge is 2.02. The number of carbonyl (C=O) groups is 1. The minimum absolute atomic E-state index is 0.414. The lowest BCUT2D eigenvalue weighted by Gasteiger charge is -1.98. The van der Waals surface area contributed by atoms with Gasteiger partial charge in [0.15, 0.2) is 0 Å². The molecule has 0 unspecified atom stereocenters. The fourth-order valence-electron chi connectivity index (χ4n) is 1.38. The number of amides is 1. The number of benzene rings is 1. The molecule has 0 fully saturated rings. The third-order valence-electron chi connectivity index (χ3n) is 2.18. The number of aryl methyl sites for hydroxylation is 1. The Kier molecular flexibility index (Phi) is 2.25. The molecule has 0 bridgehead atoms. The van der Waals surface area contributed by atoms with Gasteiger partial charge >= 0.3 is 0 Å². The van der Waals surface area contributed by atoms with E-state index in [1.54, 1.807) is 18.3 Å². The highest BCUT2D eigenvalue weighted by Crippen LogP contribution is 2.17. The maximum atomic E-state index is 10.9. The molecule has 4 nitrogen and oxygen atoms in total. The number of aromatic amines is 1. The Morgan fingerprint density at radius 2 is 2.00 bits per heavy atom. The lowest BCUT2D eigenvalue weighted by atomic mass is 10.1. The molecule has 0 aliphatic heterocycles. The molecule has 4 heteroatoms. The van der Waals surface area contributed by atoms with Gasteiger partial charge in [-0.15, -0.1) is 0 Å². The summed E-state index contributed by atoms with van der Waals surface area (Å²) in [6.07, 6.45) is 1.76. The van der Waals surface area contributed by atoms with E-state index in [0.717, 1.165) is 17.1 Å². The van der Waals surface area contributed by atoms with Crippen LogP contribution in [0.2, 0.25) is 0 Å². The van der Waals surface area contributed by atoms with Crippen LogP contribution in [0.4, 0.5) is 0 Å². The summed E-state index contributed by atoms with van der Waals surface area (Å²) in [5, 5.41) is 0. The molecular weight excluding hydrogens is 190 g/mol. The fourth-order valence-corrected chi connectivity index (χ4v) is 1.38. The van der Waals surface area contributed by atoms with Gasteiger partial charge in [0.1, 0.15) is 5.82 Å². The molecule has 0 saturated heterocycles. The second-order valence-electron chi connectivity index (χ2n) is 3.32. The molecular formula is C11H11N3O. The van der Waals surface area contributed by atoms with Crippen LogP contribution in [0.5, 0.6) is 0 Å². The SMILES string of the molecule is Cc1ncc(-c2ccc(C(N)=O)cc2)[nH]1. The summed E-state index contributed by atoms with van der Waals surface area (Å²) in [6, 6.07) is 7.09. The van der Waals surface area contributed by atoms with Gasteiger partial charge in [-0.2, -0.15) is 0 Å². The van der Waals surface area contributed by atoms with Crippen molar-refractivity contribution in [3.05, 3.63) is 41.9 Å². The summed E-state index contributed by atoms with van der Waals surface area (Å²) in [5.41, 5.74) is 7.58. The van der Waals surface area contributed by atoms with Crippen molar-refractivity contribution in [1.29, 1.82) is 0 Å². The van der Waals surface area contributed by atoms with Crippen molar-refractivity contribution >= 4 is 5.91 Å². The van der Waals surface area contributed by atoms with E-state index in [1.807, 2.05) is 19.1 Å². The van der Waals surface area contributed by atoms with Gasteiger partial charge in [-0.1, -0.05) is 12.1 Å². The number of nitrogens with zero attached hydrogens (tertiary/aromatic N) is 1. The average molecular weight is 201 g/mol. The van der Waals surface area contributed by atoms with Crippen molar-refractivity contribution in [1.82, 2.24) is 9.97 Å². The van der Waals surface area contributed by atoms with Crippen molar-refractivity contribution in [3.8, 4) is 11.3 Å². The number of nitrogens with two attached hydrogens (primary N) is 1. The van der Waals surface area contributed by atoms with Crippen LogP contribution in [-0.4, -0.2) is 15.9 Å². The summed E-state index contributed by atoms with van der Waals surface area (Å²) in [5.74, 6) is 0.450. The van der Waals surface area contributed by atoms with Crippen LogP contribution in [0, 0.1) is 6.92 Å². The Morgan fingerprint density at radius 3 is 2.47 bits per heavy atom. The van der Waals surface area contributed by atoms with Crippen LogP contribution >= 0.6 is 0 Å². The van der Waals surface area contributed by atoms with Gasteiger partial charge in [0, 0.05) is 5.56 Å². The van der Waals surface area contributed by atoms with Crippen LogP contribution in [-0.2, 0) is 0 Å². The molecule has 3 N–H and O–H groups in total. The zero-order valence-electron chi connectivity index (χ0n) is 8.32. The van der Waals surface area contributed by atoms with Crippen molar-refractivity contribution in [2.45, 2.75) is 6.92 Å². The van der Waals surface area contributed by atoms with E-state index in [1.165, 1.54) is 0 Å². The van der Waals surface area contributed by atoms with Crippen LogP contribution in [0.3, 0.4) is 0 Å². The van der Waals surface area contributed by atoms with Crippen molar-refractivity contribution in [2.24, 2.45) is 5.73 Å². The van der Waals surface area contributed by atoms with Gasteiger partial charge in [-0.05, 0) is 24.6 Å². The molecule has 0 radical (unpaired) electrons. The van der Waals surface area contributed by atoms with Gasteiger partial charge in [-0.3, -0.25) is 4.79 Å². The van der Waals surface area contributed by atoms with Crippen molar-refractivity contribution < 1.29 is 4.79 Å². The van der Waals surface area contributed by atoms with E-state index in [0.29, 0.717) is 5.56 Å². The average Bonchev–Trinajstić information content (AvgIpc) is 2.65. The van der Waals surface area contributed by atoms with Crippen molar-refractivity contribution in [3.63, 3.8) is 0 Å². The first-order chi connectivity index (χ1) is 7.16. The van der Waals surface area contributed by atoms with Gasteiger partial charge < -0.3 is 10.7 Å². The zero-order valence-corrected chi connectivity index (χ0v) is 8.32. The maximum Gasteiger partial charge on any atom is 0.248 e. The van der Waals surface area contributed by atoms with Crippen molar-refractivity contribution in [2.75, 3.05) is 0 Å². The summed E-state index contributed by atoms with van der Waals surface area (Å²) >= 11 is 0. The first-order valence-electron chi connectivity index (χ1n) is 4.58. The molecule has 1 amide bonds. The Hall–Kier alpha value is -2.10. The minimum atomic E-state index is -0.414. The van der Waals surface area contributed by atoms with Crippen LogP contribution in [0.1, 0.15) is 16.2 Å². The Labute approximate surface area is 87.1 Å². The minimum Gasteiger partial charge on any atom is -0.366 e. The third-order valence-corrected chi connectivity index (χ3v) is 2.18. The molecule has 0 atom stereocenters. The van der Waals surface area contributed by atoms with E-state index >= 15 is 0 Å². The summed E-state index contributed by atoms with van der Waals surface area (Å²) in [6.45, 7) is 1.89. The smallest absolute Gasteiger partial charge is 0.248 e. The molecule has 1 aromatic heterocycles. The van der Waals surface area contributed by atoms with Gasteiger partial charge in [0.2, 0.25) is 5.91 Å². The number of aromatic nitrogens is 2. The Bertz CT molecular complexity index is 485. The quantitative estimate of drug-likeness (QED) is 0.772.